The number of nitrogens with zero attached hydrogens (tertiary/aromatic N) is 2. The average Bonchev–Trinajstić information content (AvgIpc) is 1.65. The van der Waals surface area contributed by atoms with Crippen molar-refractivity contribution in [2.24, 2.45) is 17.2 Å². The van der Waals surface area contributed by atoms with Gasteiger partial charge in [-0.15, -0.1) is 34.0 Å². The minimum atomic E-state index is -0.188. The first-order valence-electron chi connectivity index (χ1n) is 34.8. The van der Waals surface area contributed by atoms with E-state index in [1.54, 1.807) is 0 Å². The number of nitrogens with one attached hydrogen (secondary N) is 3. The first-order chi connectivity index (χ1) is 48.7. The SMILES string of the molecule is NCCCc1ccc(-c2ccc3sc4ccc(-c5ccc(CCC(N)NCc6cccc(-c7ccc8sc9ccc(-c%10cccc(C(N)C%11CN(c%12ccc(-c%13ccc%14sc%15ccc(-c%16ccc(N%17C=CNCC%17)cc%16)cc%15c%14c%13)cc%12)CCN%11)c%10)cc9c8c7)c6)cc5)cc4c3c2)cc1. The van der Waals surface area contributed by atoms with Crippen molar-refractivity contribution in [3.05, 3.63) is 289 Å². The number of fused-ring (bicyclic) bond motifs is 9. The van der Waals surface area contributed by atoms with Crippen LogP contribution in [0.25, 0.3) is 127 Å². The summed E-state index contributed by atoms with van der Waals surface area (Å²) in [7, 11) is 0. The molecule has 11 heteroatoms. The second-order valence-electron chi connectivity index (χ2n) is 26.8. The molecule has 0 bridgehead atoms. The first kappa shape index (κ1) is 62.7. The number of thiophene rings is 3. The van der Waals surface area contributed by atoms with Crippen LogP contribution >= 0.6 is 34.0 Å². The van der Waals surface area contributed by atoms with Gasteiger partial charge in [-0.05, 0) is 230 Å². The third kappa shape index (κ3) is 13.1. The van der Waals surface area contributed by atoms with Gasteiger partial charge in [-0.25, -0.2) is 0 Å². The molecular formula is C88H78N8S3. The summed E-state index contributed by atoms with van der Waals surface area (Å²) in [6, 6.07) is 95.3. The van der Waals surface area contributed by atoms with E-state index in [0.717, 1.165) is 70.5 Å². The van der Waals surface area contributed by atoms with Gasteiger partial charge in [0.1, 0.15) is 0 Å². The Morgan fingerprint density at radius 3 is 1.31 bits per heavy atom. The number of nitrogens with two attached hydrogens (primary N) is 3. The van der Waals surface area contributed by atoms with E-state index in [1.165, 1.54) is 155 Å². The monoisotopic (exact) mass is 1340 g/mol. The Balaban J connectivity index is 0.521. The Labute approximate surface area is 590 Å². The molecule has 0 spiro atoms. The Hall–Kier alpha value is -9.76. The zero-order chi connectivity index (χ0) is 66.3. The molecule has 8 nitrogen and oxygen atoms in total. The van der Waals surface area contributed by atoms with Gasteiger partial charge < -0.3 is 37.6 Å². The highest BCUT2D eigenvalue weighted by atomic mass is 32.1. The molecular weight excluding hydrogens is 1270 g/mol. The van der Waals surface area contributed by atoms with E-state index in [4.69, 9.17) is 17.2 Å². The number of hydrogen-bond acceptors (Lipinski definition) is 11. The third-order valence-corrected chi connectivity index (χ3v) is 23.9. The van der Waals surface area contributed by atoms with Crippen LogP contribution in [0, 0.1) is 0 Å². The summed E-state index contributed by atoms with van der Waals surface area (Å²) in [5.41, 5.74) is 41.8. The lowest BCUT2D eigenvalue weighted by Gasteiger charge is -2.38. The maximum absolute atomic E-state index is 7.27. The van der Waals surface area contributed by atoms with Crippen LogP contribution in [0.3, 0.4) is 0 Å². The Bertz CT molecular complexity index is 5480. The van der Waals surface area contributed by atoms with Crippen LogP contribution in [0.2, 0.25) is 0 Å². The van der Waals surface area contributed by atoms with Gasteiger partial charge in [-0.1, -0.05) is 146 Å². The minimum Gasteiger partial charge on any atom is -0.388 e. The molecule has 3 unspecified atom stereocenters. The smallest absolute Gasteiger partial charge is 0.0552 e. The van der Waals surface area contributed by atoms with Crippen LogP contribution < -0.4 is 43.0 Å². The lowest BCUT2D eigenvalue weighted by Crippen LogP contribution is -2.54. The molecule has 3 aromatic heterocycles. The second kappa shape index (κ2) is 27.5. The normalized spacial score (nSPS) is 14.9. The zero-order valence-corrected chi connectivity index (χ0v) is 57.7. The molecule has 9 N–H and O–H groups in total. The molecule has 2 aliphatic heterocycles. The molecule has 0 aliphatic carbocycles. The van der Waals surface area contributed by atoms with Crippen molar-refractivity contribution in [1.82, 2.24) is 16.0 Å². The highest BCUT2D eigenvalue weighted by molar-refractivity contribution is 7.26. The van der Waals surface area contributed by atoms with E-state index >= 15 is 0 Å². The van der Waals surface area contributed by atoms with Crippen LogP contribution in [0.5, 0.6) is 0 Å². The molecule has 1 saturated heterocycles. The standard InChI is InChI=1S/C88H78N8S3/c89-39-3-5-56-9-14-59(15-10-56)65-22-32-81-74(48-65)75-49-66(23-33-82(75)97-81)60-16-11-57(12-17-60)13-38-87(90)94-54-58-4-1-6-63(46-58)69-26-36-85-78(52-69)79-53-70(27-37-86(79)99-85)64-7-2-8-71(47-64)88(91)80-55-96(45-42-93-80)73-30-20-62(21-31-73)68-25-35-84-77(51-68)76-50-67(24-34-83(76)98-84)61-18-28-72(29-19-61)95-43-40-92-41-44-95/h1-2,4,6-12,14-37,40,43,46-53,80,87-88,92-94H,3,5,13,38-39,41-42,44-45,54-55,89-91H2. The maximum Gasteiger partial charge on any atom is 0.0552 e. The predicted octanol–water partition coefficient (Wildman–Crippen LogP) is 20.0. The molecule has 99 heavy (non-hydrogen) atoms. The Kier molecular flexibility index (Phi) is 17.4. The van der Waals surface area contributed by atoms with Crippen LogP contribution in [0.1, 0.15) is 41.1 Å². The van der Waals surface area contributed by atoms with Crippen molar-refractivity contribution in [3.8, 4) is 66.8 Å². The lowest BCUT2D eigenvalue weighted by molar-refractivity contribution is 0.400. The van der Waals surface area contributed by atoms with E-state index in [9.17, 15) is 0 Å². The fraction of sp³-hybridized carbons (Fsp3) is 0.159. The van der Waals surface area contributed by atoms with E-state index in [2.05, 4.69) is 287 Å². The fourth-order valence-corrected chi connectivity index (χ4v) is 18.0. The molecule has 0 amide bonds. The van der Waals surface area contributed by atoms with Crippen LogP contribution in [0.4, 0.5) is 11.4 Å². The second-order valence-corrected chi connectivity index (χ2v) is 30.1. The van der Waals surface area contributed by atoms with Crippen molar-refractivity contribution in [1.29, 1.82) is 0 Å². The van der Waals surface area contributed by atoms with Gasteiger partial charge in [0, 0.05) is 136 Å². The fourth-order valence-electron chi connectivity index (χ4n) is 14.8. The topological polar surface area (TPSA) is 121 Å². The minimum absolute atomic E-state index is 0.0809. The molecule has 1 fully saturated rings. The quantitative estimate of drug-likeness (QED) is 0.0443. The van der Waals surface area contributed by atoms with Gasteiger partial charge in [0.2, 0.25) is 0 Å². The highest BCUT2D eigenvalue weighted by Crippen LogP contribution is 2.43. The molecule has 17 rings (SSSR count). The predicted molar refractivity (Wildman–Crippen MR) is 427 cm³/mol. The van der Waals surface area contributed by atoms with Gasteiger partial charge in [0.15, 0.2) is 0 Å². The summed E-state index contributed by atoms with van der Waals surface area (Å²) in [5, 5.41) is 18.5. The summed E-state index contributed by atoms with van der Waals surface area (Å²) < 4.78 is 7.81. The van der Waals surface area contributed by atoms with Crippen LogP contribution in [0.15, 0.2) is 267 Å². The number of aryl methyl sites for hydroxylation is 2. The van der Waals surface area contributed by atoms with Crippen LogP contribution in [-0.4, -0.2) is 51.5 Å². The Morgan fingerprint density at radius 2 is 0.838 bits per heavy atom. The Morgan fingerprint density at radius 1 is 0.414 bits per heavy atom. The molecule has 2 aliphatic rings. The molecule has 12 aromatic carbocycles. The highest BCUT2D eigenvalue weighted by Gasteiger charge is 2.27. The van der Waals surface area contributed by atoms with E-state index in [0.29, 0.717) is 6.54 Å². The molecule has 5 heterocycles. The molecule has 488 valence electrons. The summed E-state index contributed by atoms with van der Waals surface area (Å²) in [6.07, 6.45) is 7.75. The van der Waals surface area contributed by atoms with Crippen molar-refractivity contribution >= 4 is 106 Å². The van der Waals surface area contributed by atoms with E-state index in [-0.39, 0.29) is 18.2 Å². The molecule has 0 saturated carbocycles. The van der Waals surface area contributed by atoms with Crippen molar-refractivity contribution in [2.75, 3.05) is 49.1 Å². The third-order valence-electron chi connectivity index (χ3n) is 20.4. The number of hydrogen-bond donors (Lipinski definition) is 6. The van der Waals surface area contributed by atoms with E-state index in [1.807, 2.05) is 40.2 Å². The summed E-state index contributed by atoms with van der Waals surface area (Å²) in [5.74, 6) is 0. The number of rotatable bonds is 19. The summed E-state index contributed by atoms with van der Waals surface area (Å²) >= 11 is 5.59. The largest absolute Gasteiger partial charge is 0.388 e. The van der Waals surface area contributed by atoms with Crippen molar-refractivity contribution in [3.63, 3.8) is 0 Å². The van der Waals surface area contributed by atoms with Crippen molar-refractivity contribution in [2.45, 2.75) is 50.5 Å². The lowest BCUT2D eigenvalue weighted by atomic mass is 9.94. The van der Waals surface area contributed by atoms with Gasteiger partial charge in [0.05, 0.1) is 6.17 Å². The zero-order valence-electron chi connectivity index (χ0n) is 55.3. The van der Waals surface area contributed by atoms with Gasteiger partial charge in [-0.2, -0.15) is 0 Å². The average molecular weight is 1340 g/mol. The summed E-state index contributed by atoms with van der Waals surface area (Å²) in [4.78, 5) is 4.78. The molecule has 15 aromatic rings. The summed E-state index contributed by atoms with van der Waals surface area (Å²) in [6.45, 7) is 5.92. The van der Waals surface area contributed by atoms with E-state index < -0.39 is 0 Å². The van der Waals surface area contributed by atoms with Gasteiger partial charge >= 0.3 is 0 Å². The number of anilines is 2. The molecule has 3 atom stereocenters. The van der Waals surface area contributed by atoms with Gasteiger partial charge in [0.25, 0.3) is 0 Å². The molecule has 0 radical (unpaired) electrons. The number of piperazine rings is 1. The maximum atomic E-state index is 7.27. The van der Waals surface area contributed by atoms with Gasteiger partial charge in [-0.3, -0.25) is 5.32 Å². The first-order valence-corrected chi connectivity index (χ1v) is 37.3. The van der Waals surface area contributed by atoms with Crippen LogP contribution in [-0.2, 0) is 19.4 Å². The van der Waals surface area contributed by atoms with Crippen molar-refractivity contribution < 1.29 is 0 Å². The number of benzene rings is 12.